The third-order valence-corrected chi connectivity index (χ3v) is 4.28. The van der Waals surface area contributed by atoms with Gasteiger partial charge in [-0.05, 0) is 31.5 Å². The number of thioether (sulfide) groups is 1. The molecule has 0 spiro atoms. The third-order valence-electron chi connectivity index (χ3n) is 2.98. The number of halogens is 1. The van der Waals surface area contributed by atoms with Crippen LogP contribution in [-0.2, 0) is 0 Å². The summed E-state index contributed by atoms with van der Waals surface area (Å²) in [4.78, 5) is 12.1. The first-order valence-electron chi connectivity index (χ1n) is 6.04. The van der Waals surface area contributed by atoms with Crippen LogP contribution < -0.4 is 5.56 Å². The van der Waals surface area contributed by atoms with E-state index < -0.39 is 0 Å². The summed E-state index contributed by atoms with van der Waals surface area (Å²) in [5.41, 5.74) is 1.87. The fraction of sp³-hybridized carbons (Fsp3) is 0.231. The minimum Gasteiger partial charge on any atom is -0.265 e. The first kappa shape index (κ1) is 13.3. The van der Waals surface area contributed by atoms with Crippen LogP contribution in [0.25, 0.3) is 0 Å². The van der Waals surface area contributed by atoms with Crippen LogP contribution >= 0.6 is 23.4 Å². The average molecular weight is 307 g/mol. The van der Waals surface area contributed by atoms with Gasteiger partial charge in [0.1, 0.15) is 5.69 Å². The number of benzene rings is 1. The van der Waals surface area contributed by atoms with Crippen molar-refractivity contribution < 1.29 is 0 Å². The zero-order valence-corrected chi connectivity index (χ0v) is 12.4. The first-order valence-corrected chi connectivity index (χ1v) is 7.30. The van der Waals surface area contributed by atoms with Crippen LogP contribution in [-0.4, -0.2) is 25.8 Å². The monoisotopic (exact) mass is 306 g/mol. The molecule has 0 saturated heterocycles. The highest BCUT2D eigenvalue weighted by Gasteiger charge is 2.24. The second kappa shape index (κ2) is 5.03. The standard InChI is InChI=1S/C13H11ClN4OS/c1-7-12(19)18-13(16-15-7)20-8(2)11(17-18)9-3-5-10(14)6-4-9/h3-6,8H,1-2H3/t8-/m1/s1. The van der Waals surface area contributed by atoms with Crippen LogP contribution in [0.2, 0.25) is 5.02 Å². The van der Waals surface area contributed by atoms with Gasteiger partial charge in [0.25, 0.3) is 5.56 Å². The minimum absolute atomic E-state index is 0.0904. The van der Waals surface area contributed by atoms with Gasteiger partial charge in [-0.2, -0.15) is 9.78 Å². The minimum atomic E-state index is -0.235. The van der Waals surface area contributed by atoms with Crippen LogP contribution in [0, 0.1) is 6.92 Å². The summed E-state index contributed by atoms with van der Waals surface area (Å²) in [6.07, 6.45) is 0. The number of fused-ring (bicyclic) bond motifs is 1. The topological polar surface area (TPSA) is 60.1 Å². The normalized spacial score (nSPS) is 17.6. The summed E-state index contributed by atoms with van der Waals surface area (Å²) in [6, 6.07) is 7.42. The van der Waals surface area contributed by atoms with Crippen molar-refractivity contribution in [1.82, 2.24) is 14.9 Å². The van der Waals surface area contributed by atoms with Crippen molar-refractivity contribution in [3.63, 3.8) is 0 Å². The Kier molecular flexibility index (Phi) is 3.35. The van der Waals surface area contributed by atoms with Gasteiger partial charge >= 0.3 is 0 Å². The van der Waals surface area contributed by atoms with Gasteiger partial charge in [-0.3, -0.25) is 4.79 Å². The van der Waals surface area contributed by atoms with Crippen LogP contribution in [0.3, 0.4) is 0 Å². The Morgan fingerprint density at radius 1 is 1.25 bits per heavy atom. The second-order valence-electron chi connectivity index (χ2n) is 4.44. The molecular weight excluding hydrogens is 296 g/mol. The molecule has 0 unspecified atom stereocenters. The molecule has 0 fully saturated rings. The number of aromatic nitrogens is 3. The molecule has 0 radical (unpaired) electrons. The quantitative estimate of drug-likeness (QED) is 0.811. The Hall–Kier alpha value is -1.66. The maximum absolute atomic E-state index is 12.1. The van der Waals surface area contributed by atoms with E-state index in [0.29, 0.717) is 15.9 Å². The van der Waals surface area contributed by atoms with Crippen molar-refractivity contribution in [3.05, 3.63) is 50.9 Å². The van der Waals surface area contributed by atoms with Gasteiger partial charge in [0, 0.05) is 5.02 Å². The van der Waals surface area contributed by atoms with E-state index in [0.717, 1.165) is 11.3 Å². The highest BCUT2D eigenvalue weighted by Crippen LogP contribution is 2.28. The molecule has 1 aromatic carbocycles. The molecule has 0 amide bonds. The summed E-state index contributed by atoms with van der Waals surface area (Å²) >= 11 is 7.36. The lowest BCUT2D eigenvalue weighted by Crippen LogP contribution is -2.31. The molecule has 5 nitrogen and oxygen atoms in total. The second-order valence-corrected chi connectivity index (χ2v) is 6.18. The van der Waals surface area contributed by atoms with Crippen LogP contribution in [0.1, 0.15) is 18.2 Å². The van der Waals surface area contributed by atoms with E-state index in [4.69, 9.17) is 11.6 Å². The van der Waals surface area contributed by atoms with Gasteiger partial charge in [0.05, 0.1) is 11.0 Å². The van der Waals surface area contributed by atoms with E-state index in [1.165, 1.54) is 16.4 Å². The molecule has 2 aromatic rings. The summed E-state index contributed by atoms with van der Waals surface area (Å²) in [6.45, 7) is 3.65. The van der Waals surface area contributed by atoms with E-state index in [1.807, 2.05) is 31.2 Å². The Bertz CT molecular complexity index is 754. The van der Waals surface area contributed by atoms with E-state index >= 15 is 0 Å². The fourth-order valence-corrected chi connectivity index (χ4v) is 2.97. The van der Waals surface area contributed by atoms with Gasteiger partial charge in [-0.1, -0.05) is 35.5 Å². The Morgan fingerprint density at radius 3 is 2.65 bits per heavy atom. The number of rotatable bonds is 1. The molecule has 102 valence electrons. The van der Waals surface area contributed by atoms with Crippen LogP contribution in [0.5, 0.6) is 0 Å². The maximum Gasteiger partial charge on any atom is 0.296 e. The lowest BCUT2D eigenvalue weighted by Gasteiger charge is -2.20. The number of hydrogen-bond acceptors (Lipinski definition) is 5. The third kappa shape index (κ3) is 2.25. The van der Waals surface area contributed by atoms with E-state index in [-0.39, 0.29) is 10.8 Å². The van der Waals surface area contributed by atoms with Crippen molar-refractivity contribution in [1.29, 1.82) is 0 Å². The average Bonchev–Trinajstić information content (AvgIpc) is 2.44. The fourth-order valence-electron chi connectivity index (χ4n) is 1.92. The predicted molar refractivity (Wildman–Crippen MR) is 79.7 cm³/mol. The summed E-state index contributed by atoms with van der Waals surface area (Å²) in [7, 11) is 0. The van der Waals surface area contributed by atoms with E-state index in [2.05, 4.69) is 15.3 Å². The van der Waals surface area contributed by atoms with E-state index in [9.17, 15) is 4.79 Å². The van der Waals surface area contributed by atoms with Gasteiger partial charge in [0.2, 0.25) is 5.16 Å². The van der Waals surface area contributed by atoms with Gasteiger partial charge in [-0.15, -0.1) is 10.2 Å². The Labute approximate surface area is 124 Å². The summed E-state index contributed by atoms with van der Waals surface area (Å²) < 4.78 is 1.32. The lowest BCUT2D eigenvalue weighted by atomic mass is 10.1. The molecule has 7 heteroatoms. The molecule has 0 N–H and O–H groups in total. The molecule has 20 heavy (non-hydrogen) atoms. The Morgan fingerprint density at radius 2 is 1.95 bits per heavy atom. The lowest BCUT2D eigenvalue weighted by molar-refractivity contribution is 0.624. The predicted octanol–water partition coefficient (Wildman–Crippen LogP) is 2.35. The summed E-state index contributed by atoms with van der Waals surface area (Å²) in [5, 5.41) is 13.6. The summed E-state index contributed by atoms with van der Waals surface area (Å²) in [5.74, 6) is 0. The molecule has 0 aliphatic carbocycles. The van der Waals surface area contributed by atoms with Crippen molar-refractivity contribution in [3.8, 4) is 0 Å². The van der Waals surface area contributed by atoms with Crippen LogP contribution in [0.4, 0.5) is 0 Å². The van der Waals surface area contributed by atoms with Crippen molar-refractivity contribution in [2.24, 2.45) is 5.10 Å². The molecule has 1 aromatic heterocycles. The van der Waals surface area contributed by atoms with Crippen molar-refractivity contribution in [2.45, 2.75) is 24.3 Å². The highest BCUT2D eigenvalue weighted by molar-refractivity contribution is 8.00. The molecule has 0 saturated carbocycles. The largest absolute Gasteiger partial charge is 0.296 e. The van der Waals surface area contributed by atoms with Gasteiger partial charge in [0.15, 0.2) is 0 Å². The number of nitrogens with zero attached hydrogens (tertiary/aromatic N) is 4. The number of aryl methyl sites for hydroxylation is 1. The maximum atomic E-state index is 12.1. The SMILES string of the molecule is Cc1nnc2n(c1=O)N=C(c1ccc(Cl)cc1)[C@@H](C)S2. The molecule has 1 aliphatic heterocycles. The molecule has 3 rings (SSSR count). The van der Waals surface area contributed by atoms with E-state index in [1.54, 1.807) is 6.92 Å². The molecule has 1 atom stereocenters. The molecular formula is C13H11ClN4OS. The first-order chi connectivity index (χ1) is 9.56. The molecule has 0 bridgehead atoms. The van der Waals surface area contributed by atoms with Crippen molar-refractivity contribution in [2.75, 3.05) is 0 Å². The van der Waals surface area contributed by atoms with Crippen molar-refractivity contribution >= 4 is 29.1 Å². The smallest absolute Gasteiger partial charge is 0.265 e. The van der Waals surface area contributed by atoms with Gasteiger partial charge in [-0.25, -0.2) is 0 Å². The molecule has 1 aliphatic rings. The number of hydrogen-bond donors (Lipinski definition) is 0. The highest BCUT2D eigenvalue weighted by atomic mass is 35.5. The van der Waals surface area contributed by atoms with Gasteiger partial charge < -0.3 is 0 Å². The van der Waals surface area contributed by atoms with Crippen LogP contribution in [0.15, 0.2) is 39.3 Å². The molecule has 2 heterocycles. The zero-order valence-electron chi connectivity index (χ0n) is 10.9. The zero-order chi connectivity index (χ0) is 14.3. The Balaban J connectivity index is 2.16.